The highest BCUT2D eigenvalue weighted by atomic mass is 35.5. The second kappa shape index (κ2) is 4.64. The SMILES string of the molecule is CC1(O)C(O)C(CO)OC1n1ccc2c(Cl)ncnc21. The molecule has 1 fully saturated rings. The number of ether oxygens (including phenoxy) is 1. The maximum Gasteiger partial charge on any atom is 0.167 e. The second-order valence-electron chi connectivity index (χ2n) is 5.00. The molecule has 4 atom stereocenters. The van der Waals surface area contributed by atoms with Crippen molar-refractivity contribution in [1.82, 2.24) is 14.5 Å². The quantitative estimate of drug-likeness (QED) is 0.679. The molecule has 1 saturated heterocycles. The minimum Gasteiger partial charge on any atom is -0.394 e. The Balaban J connectivity index is 2.10. The molecule has 1 aliphatic rings. The first kappa shape index (κ1) is 13.7. The molecule has 108 valence electrons. The van der Waals surface area contributed by atoms with E-state index < -0.39 is 24.0 Å². The molecular weight excluding hydrogens is 286 g/mol. The van der Waals surface area contributed by atoms with Gasteiger partial charge in [0.15, 0.2) is 6.23 Å². The van der Waals surface area contributed by atoms with Gasteiger partial charge in [-0.15, -0.1) is 0 Å². The molecule has 0 amide bonds. The normalized spacial score (nSPS) is 34.0. The average Bonchev–Trinajstić information content (AvgIpc) is 2.92. The Morgan fingerprint density at radius 2 is 2.25 bits per heavy atom. The lowest BCUT2D eigenvalue weighted by Crippen LogP contribution is -2.44. The molecule has 0 bridgehead atoms. The van der Waals surface area contributed by atoms with E-state index in [0.29, 0.717) is 16.2 Å². The van der Waals surface area contributed by atoms with Gasteiger partial charge in [0.05, 0.1) is 12.0 Å². The summed E-state index contributed by atoms with van der Waals surface area (Å²) < 4.78 is 7.11. The van der Waals surface area contributed by atoms with E-state index in [1.807, 2.05) is 0 Å². The van der Waals surface area contributed by atoms with E-state index in [9.17, 15) is 15.3 Å². The van der Waals surface area contributed by atoms with Crippen LogP contribution >= 0.6 is 11.6 Å². The fraction of sp³-hybridized carbons (Fsp3) is 0.500. The molecule has 3 rings (SSSR count). The van der Waals surface area contributed by atoms with Crippen LogP contribution in [0.15, 0.2) is 18.6 Å². The molecule has 3 N–H and O–H groups in total. The van der Waals surface area contributed by atoms with Crippen molar-refractivity contribution in [2.75, 3.05) is 6.61 Å². The van der Waals surface area contributed by atoms with Crippen LogP contribution in [0.4, 0.5) is 0 Å². The standard InChI is InChI=1S/C12H14ClN3O4/c1-12(19)8(18)7(4-17)20-11(12)16-3-2-6-9(13)14-5-15-10(6)16/h2-3,5,7-8,11,17-19H,4H2,1H3. The Morgan fingerprint density at radius 1 is 1.50 bits per heavy atom. The summed E-state index contributed by atoms with van der Waals surface area (Å²) in [6.07, 6.45) is 0.0249. The average molecular weight is 300 g/mol. The van der Waals surface area contributed by atoms with Crippen LogP contribution in [-0.2, 0) is 4.74 Å². The Hall–Kier alpha value is -1.25. The Morgan fingerprint density at radius 3 is 2.90 bits per heavy atom. The van der Waals surface area contributed by atoms with Crippen molar-refractivity contribution in [3.8, 4) is 0 Å². The Bertz CT molecular complexity index is 645. The zero-order valence-corrected chi connectivity index (χ0v) is 11.4. The lowest BCUT2D eigenvalue weighted by atomic mass is 9.96. The minimum atomic E-state index is -1.56. The number of fused-ring (bicyclic) bond motifs is 1. The third-order valence-electron chi connectivity index (χ3n) is 3.65. The van der Waals surface area contributed by atoms with Gasteiger partial charge in [0.25, 0.3) is 0 Å². The number of nitrogens with zero attached hydrogens (tertiary/aromatic N) is 3. The van der Waals surface area contributed by atoms with Gasteiger partial charge in [-0.3, -0.25) is 0 Å². The van der Waals surface area contributed by atoms with Crippen molar-refractivity contribution in [1.29, 1.82) is 0 Å². The van der Waals surface area contributed by atoms with Gasteiger partial charge in [-0.1, -0.05) is 11.6 Å². The van der Waals surface area contributed by atoms with E-state index in [2.05, 4.69) is 9.97 Å². The summed E-state index contributed by atoms with van der Waals surface area (Å²) >= 11 is 5.98. The number of rotatable bonds is 2. The number of hydrogen-bond acceptors (Lipinski definition) is 6. The highest BCUT2D eigenvalue weighted by Gasteiger charge is 2.53. The van der Waals surface area contributed by atoms with E-state index in [4.69, 9.17) is 16.3 Å². The fourth-order valence-electron chi connectivity index (χ4n) is 2.52. The van der Waals surface area contributed by atoms with Crippen molar-refractivity contribution < 1.29 is 20.1 Å². The first-order valence-corrected chi connectivity index (χ1v) is 6.48. The Kier molecular flexibility index (Phi) is 3.19. The summed E-state index contributed by atoms with van der Waals surface area (Å²) in [4.78, 5) is 8.00. The maximum absolute atomic E-state index is 10.4. The number of hydrogen-bond donors (Lipinski definition) is 3. The lowest BCUT2D eigenvalue weighted by molar-refractivity contribution is -0.0948. The van der Waals surface area contributed by atoms with Crippen molar-refractivity contribution >= 4 is 22.6 Å². The molecule has 7 nitrogen and oxygen atoms in total. The number of aliphatic hydroxyl groups is 3. The minimum absolute atomic E-state index is 0.297. The largest absolute Gasteiger partial charge is 0.394 e. The molecule has 0 spiro atoms. The summed E-state index contributed by atoms with van der Waals surface area (Å²) in [7, 11) is 0. The fourth-order valence-corrected chi connectivity index (χ4v) is 2.71. The monoisotopic (exact) mass is 299 g/mol. The van der Waals surface area contributed by atoms with Crippen molar-refractivity contribution in [3.63, 3.8) is 0 Å². The topological polar surface area (TPSA) is 101 Å². The summed E-state index contributed by atoms with van der Waals surface area (Å²) in [5.74, 6) is 0. The third kappa shape index (κ3) is 1.82. The molecule has 0 aliphatic carbocycles. The molecule has 8 heteroatoms. The number of aromatic nitrogens is 3. The first-order valence-electron chi connectivity index (χ1n) is 6.10. The van der Waals surface area contributed by atoms with Crippen LogP contribution in [-0.4, -0.2) is 54.3 Å². The lowest BCUT2D eigenvalue weighted by Gasteiger charge is -2.27. The van der Waals surface area contributed by atoms with Crippen molar-refractivity contribution in [2.24, 2.45) is 0 Å². The van der Waals surface area contributed by atoms with Crippen LogP contribution in [0.25, 0.3) is 11.0 Å². The number of halogens is 1. The van der Waals surface area contributed by atoms with E-state index >= 15 is 0 Å². The summed E-state index contributed by atoms with van der Waals surface area (Å²) in [6.45, 7) is 1.06. The van der Waals surface area contributed by atoms with Crippen LogP contribution in [0.5, 0.6) is 0 Å². The van der Waals surface area contributed by atoms with Gasteiger partial charge in [-0.2, -0.15) is 0 Å². The van der Waals surface area contributed by atoms with Gasteiger partial charge in [0.1, 0.15) is 34.9 Å². The van der Waals surface area contributed by atoms with Gasteiger partial charge in [-0.05, 0) is 13.0 Å². The van der Waals surface area contributed by atoms with Gasteiger partial charge in [0.2, 0.25) is 0 Å². The highest BCUT2D eigenvalue weighted by molar-refractivity contribution is 6.33. The predicted molar refractivity (Wildman–Crippen MR) is 70.2 cm³/mol. The van der Waals surface area contributed by atoms with E-state index in [0.717, 1.165) is 0 Å². The molecule has 3 heterocycles. The van der Waals surface area contributed by atoms with E-state index in [1.54, 1.807) is 16.8 Å². The molecule has 0 radical (unpaired) electrons. The van der Waals surface area contributed by atoms with Crippen LogP contribution in [0, 0.1) is 0 Å². The molecular formula is C12H14ClN3O4. The second-order valence-corrected chi connectivity index (χ2v) is 5.36. The van der Waals surface area contributed by atoms with Gasteiger partial charge < -0.3 is 24.6 Å². The molecule has 20 heavy (non-hydrogen) atoms. The molecule has 0 aromatic carbocycles. The molecule has 2 aromatic rings. The number of aliphatic hydroxyl groups excluding tert-OH is 2. The zero-order valence-electron chi connectivity index (χ0n) is 10.6. The van der Waals surface area contributed by atoms with Gasteiger partial charge in [-0.25, -0.2) is 9.97 Å². The van der Waals surface area contributed by atoms with E-state index in [-0.39, 0.29) is 6.61 Å². The van der Waals surface area contributed by atoms with Crippen LogP contribution in [0.2, 0.25) is 5.15 Å². The summed E-state index contributed by atoms with van der Waals surface area (Å²) in [5.41, 5.74) is -1.07. The van der Waals surface area contributed by atoms with Crippen LogP contribution in [0.1, 0.15) is 13.2 Å². The predicted octanol–water partition coefficient (Wildman–Crippen LogP) is 0.0863. The van der Waals surface area contributed by atoms with Crippen LogP contribution in [0.3, 0.4) is 0 Å². The highest BCUT2D eigenvalue weighted by Crippen LogP contribution is 2.39. The zero-order chi connectivity index (χ0) is 14.5. The smallest absolute Gasteiger partial charge is 0.167 e. The van der Waals surface area contributed by atoms with Crippen LogP contribution < -0.4 is 0 Å². The molecule has 2 aromatic heterocycles. The summed E-state index contributed by atoms with van der Waals surface area (Å²) in [6, 6.07) is 1.70. The maximum atomic E-state index is 10.4. The first-order chi connectivity index (χ1) is 9.46. The summed E-state index contributed by atoms with van der Waals surface area (Å²) in [5, 5.41) is 30.6. The van der Waals surface area contributed by atoms with Gasteiger partial charge >= 0.3 is 0 Å². The van der Waals surface area contributed by atoms with E-state index in [1.165, 1.54) is 13.3 Å². The van der Waals surface area contributed by atoms with Crippen molar-refractivity contribution in [2.45, 2.75) is 31.0 Å². The van der Waals surface area contributed by atoms with Crippen molar-refractivity contribution in [3.05, 3.63) is 23.7 Å². The third-order valence-corrected chi connectivity index (χ3v) is 3.95. The molecule has 4 unspecified atom stereocenters. The van der Waals surface area contributed by atoms with Gasteiger partial charge in [0, 0.05) is 6.20 Å². The molecule has 0 saturated carbocycles. The Labute approximate surface area is 119 Å². The molecule has 1 aliphatic heterocycles.